The van der Waals surface area contributed by atoms with Crippen molar-refractivity contribution in [3.63, 3.8) is 0 Å². The molecule has 1 aromatic carbocycles. The molecule has 7 heteroatoms. The number of carboxylic acid groups (broad SMARTS) is 1. The predicted molar refractivity (Wildman–Crippen MR) is 107 cm³/mol. The van der Waals surface area contributed by atoms with E-state index in [1.54, 1.807) is 36.0 Å². The highest BCUT2D eigenvalue weighted by Crippen LogP contribution is 2.36. The van der Waals surface area contributed by atoms with Crippen molar-refractivity contribution in [3.8, 4) is 0 Å². The topological polar surface area (TPSA) is 95.5 Å². The number of rotatable bonds is 9. The quantitative estimate of drug-likeness (QED) is 0.600. The molecule has 0 bridgehead atoms. The Bertz CT molecular complexity index is 645. The molecule has 1 atom stereocenters. The monoisotopic (exact) mass is 392 g/mol. The van der Waals surface area contributed by atoms with E-state index >= 15 is 0 Å². The molecule has 27 heavy (non-hydrogen) atoms. The first-order valence-electron chi connectivity index (χ1n) is 9.34. The van der Waals surface area contributed by atoms with Crippen LogP contribution in [0.4, 0.5) is 0 Å². The molecule has 1 aromatic rings. The zero-order chi connectivity index (χ0) is 19.7. The number of carbonyl (C=O) groups excluding carboxylic acids is 2. The van der Waals surface area contributed by atoms with Crippen molar-refractivity contribution in [2.24, 2.45) is 5.41 Å². The highest BCUT2D eigenvalue weighted by molar-refractivity contribution is 7.98. The fourth-order valence-electron chi connectivity index (χ4n) is 3.41. The van der Waals surface area contributed by atoms with Gasteiger partial charge in [0.15, 0.2) is 0 Å². The maximum Gasteiger partial charge on any atom is 0.311 e. The van der Waals surface area contributed by atoms with Gasteiger partial charge in [0.2, 0.25) is 5.91 Å². The first kappa shape index (κ1) is 21.3. The van der Waals surface area contributed by atoms with Crippen molar-refractivity contribution in [3.05, 3.63) is 35.9 Å². The van der Waals surface area contributed by atoms with Crippen LogP contribution in [0.1, 0.15) is 48.9 Å². The Labute approximate surface area is 164 Å². The van der Waals surface area contributed by atoms with Crippen LogP contribution in [0.25, 0.3) is 0 Å². The molecule has 1 fully saturated rings. The number of aliphatic carboxylic acids is 1. The summed E-state index contributed by atoms with van der Waals surface area (Å²) in [6.45, 7) is 0.109. The molecule has 148 valence electrons. The summed E-state index contributed by atoms with van der Waals surface area (Å²) in [6.07, 6.45) is 6.35. The molecular weight excluding hydrogens is 364 g/mol. The molecule has 1 aliphatic rings. The Morgan fingerprint density at radius 3 is 2.41 bits per heavy atom. The van der Waals surface area contributed by atoms with Crippen LogP contribution in [0.3, 0.4) is 0 Å². The van der Waals surface area contributed by atoms with Crippen molar-refractivity contribution in [2.75, 3.05) is 18.6 Å². The third kappa shape index (κ3) is 5.99. The molecule has 0 radical (unpaired) electrons. The minimum Gasteiger partial charge on any atom is -0.481 e. The van der Waals surface area contributed by atoms with Gasteiger partial charge in [-0.05, 0) is 43.4 Å². The van der Waals surface area contributed by atoms with Gasteiger partial charge < -0.3 is 15.7 Å². The summed E-state index contributed by atoms with van der Waals surface area (Å²) in [5.41, 5.74) is -0.393. The largest absolute Gasteiger partial charge is 0.481 e. The van der Waals surface area contributed by atoms with Gasteiger partial charge in [-0.1, -0.05) is 37.5 Å². The molecule has 0 aliphatic heterocycles. The van der Waals surface area contributed by atoms with Gasteiger partial charge in [0.25, 0.3) is 5.91 Å². The minimum absolute atomic E-state index is 0.109. The van der Waals surface area contributed by atoms with Crippen LogP contribution < -0.4 is 10.6 Å². The second-order valence-corrected chi connectivity index (χ2v) is 8.02. The highest BCUT2D eigenvalue weighted by atomic mass is 32.2. The number of amides is 2. The van der Waals surface area contributed by atoms with E-state index in [0.717, 1.165) is 25.0 Å². The van der Waals surface area contributed by atoms with Gasteiger partial charge in [-0.15, -0.1) is 0 Å². The van der Waals surface area contributed by atoms with Crippen LogP contribution in [-0.4, -0.2) is 47.5 Å². The van der Waals surface area contributed by atoms with Crippen LogP contribution in [0.5, 0.6) is 0 Å². The average Bonchev–Trinajstić information content (AvgIpc) is 2.70. The zero-order valence-corrected chi connectivity index (χ0v) is 16.5. The van der Waals surface area contributed by atoms with Crippen LogP contribution in [0, 0.1) is 5.41 Å². The molecular formula is C20H28N2O4S. The third-order valence-corrected chi connectivity index (χ3v) is 5.78. The van der Waals surface area contributed by atoms with Crippen molar-refractivity contribution in [2.45, 2.75) is 44.6 Å². The van der Waals surface area contributed by atoms with Gasteiger partial charge in [-0.25, -0.2) is 0 Å². The van der Waals surface area contributed by atoms with E-state index in [0.29, 0.717) is 24.8 Å². The summed E-state index contributed by atoms with van der Waals surface area (Å²) in [7, 11) is 0. The molecule has 0 aromatic heterocycles. The van der Waals surface area contributed by atoms with Crippen LogP contribution in [0.2, 0.25) is 0 Å². The normalized spacial score (nSPS) is 16.9. The van der Waals surface area contributed by atoms with E-state index in [1.807, 2.05) is 12.3 Å². The summed E-state index contributed by atoms with van der Waals surface area (Å²) in [5, 5.41) is 15.2. The lowest BCUT2D eigenvalue weighted by Crippen LogP contribution is -2.51. The van der Waals surface area contributed by atoms with E-state index in [9.17, 15) is 19.5 Å². The van der Waals surface area contributed by atoms with Gasteiger partial charge in [-0.3, -0.25) is 14.4 Å². The van der Waals surface area contributed by atoms with Crippen molar-refractivity contribution in [1.29, 1.82) is 0 Å². The second kappa shape index (κ2) is 10.3. The molecule has 6 nitrogen and oxygen atoms in total. The number of hydrogen-bond donors (Lipinski definition) is 3. The summed E-state index contributed by atoms with van der Waals surface area (Å²) in [5.74, 6) is -0.754. The lowest BCUT2D eigenvalue weighted by atomic mass is 9.74. The van der Waals surface area contributed by atoms with Crippen molar-refractivity contribution in [1.82, 2.24) is 10.6 Å². The Hall–Kier alpha value is -2.02. The summed E-state index contributed by atoms with van der Waals surface area (Å²) in [6, 6.07) is 8.07. The van der Waals surface area contributed by atoms with Crippen LogP contribution in [0.15, 0.2) is 30.3 Å². The molecule has 1 unspecified atom stereocenters. The van der Waals surface area contributed by atoms with E-state index in [4.69, 9.17) is 0 Å². The molecule has 0 heterocycles. The second-order valence-electron chi connectivity index (χ2n) is 7.04. The Balaban J connectivity index is 2.01. The highest BCUT2D eigenvalue weighted by Gasteiger charge is 2.40. The first-order chi connectivity index (χ1) is 13.0. The van der Waals surface area contributed by atoms with E-state index in [1.165, 1.54) is 0 Å². The summed E-state index contributed by atoms with van der Waals surface area (Å²) >= 11 is 1.60. The van der Waals surface area contributed by atoms with Gasteiger partial charge in [0, 0.05) is 12.1 Å². The Kier molecular flexibility index (Phi) is 8.16. The standard InChI is InChI=1S/C20H28N2O4S/c1-27-13-10-16(22-17(23)15-8-4-2-5-9-15)18(24)21-14-20(19(25)26)11-6-3-7-12-20/h2,4-5,8-9,16H,3,6-7,10-14H2,1H3,(H,21,24)(H,22,23)(H,25,26). The average molecular weight is 393 g/mol. The van der Waals surface area contributed by atoms with Crippen molar-refractivity contribution >= 4 is 29.5 Å². The molecule has 0 saturated heterocycles. The molecule has 3 N–H and O–H groups in total. The third-order valence-electron chi connectivity index (χ3n) is 5.13. The fraction of sp³-hybridized carbons (Fsp3) is 0.550. The lowest BCUT2D eigenvalue weighted by Gasteiger charge is -2.33. The number of benzene rings is 1. The van der Waals surface area contributed by atoms with E-state index in [2.05, 4.69) is 10.6 Å². The van der Waals surface area contributed by atoms with Gasteiger partial charge >= 0.3 is 5.97 Å². The molecule has 1 aliphatic carbocycles. The number of hydrogen-bond acceptors (Lipinski definition) is 4. The number of carbonyl (C=O) groups is 3. The molecule has 0 spiro atoms. The maximum absolute atomic E-state index is 12.7. The fourth-order valence-corrected chi connectivity index (χ4v) is 3.88. The van der Waals surface area contributed by atoms with Gasteiger partial charge in [-0.2, -0.15) is 11.8 Å². The predicted octanol–water partition coefficient (Wildman–Crippen LogP) is 2.69. The van der Waals surface area contributed by atoms with Crippen molar-refractivity contribution < 1.29 is 19.5 Å². The number of carboxylic acids is 1. The maximum atomic E-state index is 12.7. The summed E-state index contributed by atoms with van der Waals surface area (Å²) < 4.78 is 0. The zero-order valence-electron chi connectivity index (χ0n) is 15.7. The Morgan fingerprint density at radius 1 is 1.15 bits per heavy atom. The van der Waals surface area contributed by atoms with Crippen LogP contribution in [-0.2, 0) is 9.59 Å². The SMILES string of the molecule is CSCCC(NC(=O)c1ccccc1)C(=O)NCC1(C(=O)O)CCCCC1. The first-order valence-corrected chi connectivity index (χ1v) is 10.7. The summed E-state index contributed by atoms with van der Waals surface area (Å²) in [4.78, 5) is 36.9. The molecule has 2 rings (SSSR count). The lowest BCUT2D eigenvalue weighted by molar-refractivity contribution is -0.151. The van der Waals surface area contributed by atoms with Gasteiger partial charge in [0.1, 0.15) is 6.04 Å². The van der Waals surface area contributed by atoms with E-state index < -0.39 is 17.4 Å². The van der Waals surface area contributed by atoms with Gasteiger partial charge in [0.05, 0.1) is 5.41 Å². The number of nitrogens with one attached hydrogen (secondary N) is 2. The number of thioether (sulfide) groups is 1. The molecule has 2 amide bonds. The smallest absolute Gasteiger partial charge is 0.311 e. The van der Waals surface area contributed by atoms with Crippen LogP contribution >= 0.6 is 11.8 Å². The Morgan fingerprint density at radius 2 is 1.81 bits per heavy atom. The molecule has 1 saturated carbocycles. The van der Waals surface area contributed by atoms with E-state index in [-0.39, 0.29) is 18.4 Å². The minimum atomic E-state index is -0.887.